The normalized spacial score (nSPS) is 18.3. The molecule has 0 unspecified atom stereocenters. The molecule has 7 nitrogen and oxygen atoms in total. The average Bonchev–Trinajstić information content (AvgIpc) is 3.47. The molecule has 1 N–H and O–H groups in total. The third-order valence-corrected chi connectivity index (χ3v) is 5.77. The van der Waals surface area contributed by atoms with Gasteiger partial charge in [-0.2, -0.15) is 0 Å². The Kier molecular flexibility index (Phi) is 6.50. The molecule has 0 radical (unpaired) electrons. The molecule has 0 saturated carbocycles. The molecule has 2 aliphatic heterocycles. The summed E-state index contributed by atoms with van der Waals surface area (Å²) in [5.74, 6) is 0.0313. The second kappa shape index (κ2) is 9.64. The monoisotopic (exact) mass is 421 g/mol. The minimum atomic E-state index is -0.370. The molecular weight excluding hydrogens is 394 g/mol. The maximum absolute atomic E-state index is 12.5. The summed E-state index contributed by atoms with van der Waals surface area (Å²) in [7, 11) is 0. The van der Waals surface area contributed by atoms with Crippen molar-refractivity contribution in [2.45, 2.75) is 25.8 Å². The van der Waals surface area contributed by atoms with E-state index in [0.29, 0.717) is 18.8 Å². The van der Waals surface area contributed by atoms with E-state index in [9.17, 15) is 14.4 Å². The van der Waals surface area contributed by atoms with E-state index in [1.165, 1.54) is 0 Å². The molecule has 0 aromatic heterocycles. The lowest BCUT2D eigenvalue weighted by Crippen LogP contribution is -2.32. The van der Waals surface area contributed by atoms with Gasteiger partial charge in [0.15, 0.2) is 6.61 Å². The predicted octanol–water partition coefficient (Wildman–Crippen LogP) is 2.36. The van der Waals surface area contributed by atoms with E-state index >= 15 is 0 Å². The first kappa shape index (κ1) is 20.9. The highest BCUT2D eigenvalue weighted by atomic mass is 16.5. The van der Waals surface area contributed by atoms with Gasteiger partial charge in [0.25, 0.3) is 5.91 Å². The van der Waals surface area contributed by atoms with Crippen molar-refractivity contribution in [3.63, 3.8) is 0 Å². The summed E-state index contributed by atoms with van der Waals surface area (Å²) in [6.45, 7) is 2.43. The Morgan fingerprint density at radius 2 is 1.71 bits per heavy atom. The number of nitrogens with one attached hydrogen (secondary N) is 1. The molecule has 0 bridgehead atoms. The zero-order chi connectivity index (χ0) is 21.6. The Bertz CT molecular complexity index is 924. The SMILES string of the molecule is O=C(NCc1ccccc1)[C@@H]1CC(=O)N(c2ccc(OCC(=O)N3CCCC3)cc2)C1. The lowest BCUT2D eigenvalue weighted by Gasteiger charge is -2.18. The molecule has 2 aliphatic rings. The van der Waals surface area contributed by atoms with E-state index < -0.39 is 0 Å². The van der Waals surface area contributed by atoms with Crippen LogP contribution in [-0.4, -0.2) is 48.9 Å². The molecule has 2 heterocycles. The van der Waals surface area contributed by atoms with Gasteiger partial charge in [-0.3, -0.25) is 14.4 Å². The first-order valence-corrected chi connectivity index (χ1v) is 10.7. The number of likely N-dealkylation sites (tertiary alicyclic amines) is 1. The number of hydrogen-bond acceptors (Lipinski definition) is 4. The molecule has 3 amide bonds. The number of ether oxygens (including phenoxy) is 1. The fourth-order valence-electron chi connectivity index (χ4n) is 3.99. The van der Waals surface area contributed by atoms with Crippen LogP contribution in [0.1, 0.15) is 24.8 Å². The number of carbonyl (C=O) groups is 3. The van der Waals surface area contributed by atoms with Crippen LogP contribution < -0.4 is 15.0 Å². The molecule has 2 saturated heterocycles. The first-order valence-electron chi connectivity index (χ1n) is 10.7. The number of benzene rings is 2. The number of carbonyl (C=O) groups excluding carboxylic acids is 3. The van der Waals surface area contributed by atoms with Gasteiger partial charge in [0.05, 0.1) is 5.92 Å². The van der Waals surface area contributed by atoms with Crippen LogP contribution in [0.3, 0.4) is 0 Å². The Morgan fingerprint density at radius 3 is 2.42 bits per heavy atom. The van der Waals surface area contributed by atoms with E-state index in [4.69, 9.17) is 4.74 Å². The third-order valence-electron chi connectivity index (χ3n) is 5.77. The molecular formula is C24H27N3O4. The van der Waals surface area contributed by atoms with Gasteiger partial charge < -0.3 is 19.9 Å². The summed E-state index contributed by atoms with van der Waals surface area (Å²) in [5, 5.41) is 2.92. The zero-order valence-electron chi connectivity index (χ0n) is 17.5. The second-order valence-electron chi connectivity index (χ2n) is 7.98. The Balaban J connectivity index is 1.28. The number of hydrogen-bond donors (Lipinski definition) is 1. The third kappa shape index (κ3) is 5.23. The van der Waals surface area contributed by atoms with Crippen molar-refractivity contribution in [3.05, 3.63) is 60.2 Å². The van der Waals surface area contributed by atoms with Gasteiger partial charge in [-0.25, -0.2) is 0 Å². The maximum atomic E-state index is 12.5. The van der Waals surface area contributed by atoms with Crippen LogP contribution in [0.15, 0.2) is 54.6 Å². The molecule has 4 rings (SSSR count). The van der Waals surface area contributed by atoms with Crippen LogP contribution in [0.5, 0.6) is 5.75 Å². The number of nitrogens with zero attached hydrogens (tertiary/aromatic N) is 2. The largest absolute Gasteiger partial charge is 0.484 e. The number of rotatable bonds is 7. The second-order valence-corrected chi connectivity index (χ2v) is 7.98. The molecule has 7 heteroatoms. The van der Waals surface area contributed by atoms with Crippen molar-refractivity contribution in [1.82, 2.24) is 10.2 Å². The van der Waals surface area contributed by atoms with E-state index in [-0.39, 0.29) is 36.7 Å². The zero-order valence-corrected chi connectivity index (χ0v) is 17.5. The van der Waals surface area contributed by atoms with Crippen LogP contribution in [0.25, 0.3) is 0 Å². The van der Waals surface area contributed by atoms with Crippen LogP contribution in [0.2, 0.25) is 0 Å². The van der Waals surface area contributed by atoms with Gasteiger partial charge in [-0.05, 0) is 42.7 Å². The molecule has 0 spiro atoms. The van der Waals surface area contributed by atoms with E-state index in [1.807, 2.05) is 35.2 Å². The summed E-state index contributed by atoms with van der Waals surface area (Å²) >= 11 is 0. The van der Waals surface area contributed by atoms with Gasteiger partial charge in [0, 0.05) is 38.3 Å². The smallest absolute Gasteiger partial charge is 0.260 e. The van der Waals surface area contributed by atoms with Crippen molar-refractivity contribution < 1.29 is 19.1 Å². The number of amides is 3. The van der Waals surface area contributed by atoms with Gasteiger partial charge in [-0.1, -0.05) is 30.3 Å². The molecule has 162 valence electrons. The summed E-state index contributed by atoms with van der Waals surface area (Å²) < 4.78 is 5.60. The lowest BCUT2D eigenvalue weighted by atomic mass is 10.1. The van der Waals surface area contributed by atoms with E-state index in [1.54, 1.807) is 29.2 Å². The van der Waals surface area contributed by atoms with Gasteiger partial charge >= 0.3 is 0 Å². The Hall–Kier alpha value is -3.35. The Labute approximate surface area is 182 Å². The van der Waals surface area contributed by atoms with Crippen LogP contribution in [0.4, 0.5) is 5.69 Å². The van der Waals surface area contributed by atoms with Crippen molar-refractivity contribution in [3.8, 4) is 5.75 Å². The van der Waals surface area contributed by atoms with Gasteiger partial charge in [-0.15, -0.1) is 0 Å². The molecule has 2 aromatic carbocycles. The predicted molar refractivity (Wildman–Crippen MR) is 116 cm³/mol. The van der Waals surface area contributed by atoms with Gasteiger partial charge in [0.1, 0.15) is 5.75 Å². The molecule has 2 fully saturated rings. The van der Waals surface area contributed by atoms with E-state index in [0.717, 1.165) is 37.2 Å². The molecule has 2 aromatic rings. The lowest BCUT2D eigenvalue weighted by molar-refractivity contribution is -0.132. The summed E-state index contributed by atoms with van der Waals surface area (Å²) in [6.07, 6.45) is 2.30. The highest BCUT2D eigenvalue weighted by Gasteiger charge is 2.35. The topological polar surface area (TPSA) is 79.0 Å². The standard InChI is InChI=1S/C24H27N3O4/c28-22-14-19(24(30)25-15-18-6-2-1-3-7-18)16-27(22)20-8-10-21(11-9-20)31-17-23(29)26-12-4-5-13-26/h1-3,6-11,19H,4-5,12-17H2,(H,25,30)/t19-/m1/s1. The molecule has 0 aliphatic carbocycles. The highest BCUT2D eigenvalue weighted by Crippen LogP contribution is 2.27. The summed E-state index contributed by atoms with van der Waals surface area (Å²) in [4.78, 5) is 40.5. The maximum Gasteiger partial charge on any atom is 0.260 e. The minimum Gasteiger partial charge on any atom is -0.484 e. The highest BCUT2D eigenvalue weighted by molar-refractivity contribution is 6.00. The fourth-order valence-corrected chi connectivity index (χ4v) is 3.99. The van der Waals surface area contributed by atoms with Crippen molar-refractivity contribution >= 4 is 23.4 Å². The summed E-state index contributed by atoms with van der Waals surface area (Å²) in [6, 6.07) is 16.8. The first-order chi connectivity index (χ1) is 15.1. The average molecular weight is 421 g/mol. The fraction of sp³-hybridized carbons (Fsp3) is 0.375. The molecule has 1 atom stereocenters. The van der Waals surface area contributed by atoms with Crippen LogP contribution in [0, 0.1) is 5.92 Å². The quantitative estimate of drug-likeness (QED) is 0.744. The van der Waals surface area contributed by atoms with E-state index in [2.05, 4.69) is 5.32 Å². The Morgan fingerprint density at radius 1 is 1.00 bits per heavy atom. The van der Waals surface area contributed by atoms with Crippen molar-refractivity contribution in [2.24, 2.45) is 5.92 Å². The van der Waals surface area contributed by atoms with Gasteiger partial charge in [0.2, 0.25) is 11.8 Å². The van der Waals surface area contributed by atoms with Crippen LogP contribution >= 0.6 is 0 Å². The number of anilines is 1. The molecule has 31 heavy (non-hydrogen) atoms. The van der Waals surface area contributed by atoms with Crippen LogP contribution in [-0.2, 0) is 20.9 Å². The summed E-state index contributed by atoms with van der Waals surface area (Å²) in [5.41, 5.74) is 1.75. The minimum absolute atomic E-state index is 0.000606. The van der Waals surface area contributed by atoms with Crippen molar-refractivity contribution in [2.75, 3.05) is 31.1 Å². The van der Waals surface area contributed by atoms with Crippen molar-refractivity contribution in [1.29, 1.82) is 0 Å².